The molecule has 0 unspecified atom stereocenters. The van der Waals surface area contributed by atoms with E-state index in [2.05, 4.69) is 66.9 Å². The molecule has 0 bridgehead atoms. The fraction of sp³-hybridized carbons (Fsp3) is 0.517. The molecule has 0 N–H and O–H groups in total. The van der Waals surface area contributed by atoms with Crippen molar-refractivity contribution in [3.05, 3.63) is 59.9 Å². The van der Waals surface area contributed by atoms with Crippen molar-refractivity contribution in [3.63, 3.8) is 0 Å². The molecule has 0 saturated carbocycles. The Morgan fingerprint density at radius 3 is 2.27 bits per heavy atom. The summed E-state index contributed by atoms with van der Waals surface area (Å²) in [6.07, 6.45) is 12.5. The summed E-state index contributed by atoms with van der Waals surface area (Å²) in [6, 6.07) is 16.7. The van der Waals surface area contributed by atoms with Gasteiger partial charge in [-0.1, -0.05) is 88.1 Å². The standard InChI is InChI=1S/C29H39N3O/c1-3-4-5-6-7-8-9-10-13-20-31-27-15-12-11-14-26(27)30-29(31)24-21-28(33)32(22-24)25-18-16-23(2)17-19-25/h11-12,14-19,24H,3-10,13,20-22H2,1-2H3/t24-/m1/s1. The zero-order valence-corrected chi connectivity index (χ0v) is 20.4. The lowest BCUT2D eigenvalue weighted by Crippen LogP contribution is -2.24. The molecule has 1 aliphatic heterocycles. The largest absolute Gasteiger partial charge is 0.328 e. The van der Waals surface area contributed by atoms with Crippen LogP contribution >= 0.6 is 0 Å². The Labute approximate surface area is 199 Å². The van der Waals surface area contributed by atoms with E-state index in [1.54, 1.807) is 0 Å². The van der Waals surface area contributed by atoms with Crippen LogP contribution < -0.4 is 4.90 Å². The second-order valence-electron chi connectivity index (χ2n) is 9.68. The highest BCUT2D eigenvalue weighted by atomic mass is 16.2. The van der Waals surface area contributed by atoms with Crippen molar-refractivity contribution in [2.45, 2.75) is 90.5 Å². The number of carbonyl (C=O) groups is 1. The van der Waals surface area contributed by atoms with Crippen LogP contribution in [0.3, 0.4) is 0 Å². The summed E-state index contributed by atoms with van der Waals surface area (Å²) >= 11 is 0. The Balaban J connectivity index is 1.40. The predicted octanol–water partition coefficient (Wildman–Crippen LogP) is 7.40. The number of anilines is 1. The SMILES string of the molecule is CCCCCCCCCCCn1c([C@@H]2CC(=O)N(c3ccc(C)cc3)C2)nc2ccccc21. The van der Waals surface area contributed by atoms with Gasteiger partial charge in [-0.05, 0) is 37.6 Å². The number of amides is 1. The van der Waals surface area contributed by atoms with Crippen LogP contribution in [0.25, 0.3) is 11.0 Å². The highest BCUT2D eigenvalue weighted by Crippen LogP contribution is 2.33. The molecule has 4 nitrogen and oxygen atoms in total. The summed E-state index contributed by atoms with van der Waals surface area (Å²) in [6.45, 7) is 6.05. The molecule has 1 amide bonds. The third-order valence-electron chi connectivity index (χ3n) is 7.01. The zero-order chi connectivity index (χ0) is 23.0. The second kappa shape index (κ2) is 11.5. The van der Waals surface area contributed by atoms with Gasteiger partial charge >= 0.3 is 0 Å². The van der Waals surface area contributed by atoms with E-state index in [4.69, 9.17) is 4.98 Å². The number of aryl methyl sites for hydroxylation is 2. The highest BCUT2D eigenvalue weighted by Gasteiger charge is 2.34. The smallest absolute Gasteiger partial charge is 0.227 e. The molecule has 176 valence electrons. The average Bonchev–Trinajstić information content (AvgIpc) is 3.39. The van der Waals surface area contributed by atoms with Crippen molar-refractivity contribution in [1.82, 2.24) is 9.55 Å². The van der Waals surface area contributed by atoms with E-state index >= 15 is 0 Å². The van der Waals surface area contributed by atoms with E-state index < -0.39 is 0 Å². The van der Waals surface area contributed by atoms with Crippen LogP contribution in [0.5, 0.6) is 0 Å². The number of benzene rings is 2. The quantitative estimate of drug-likeness (QED) is 0.272. The van der Waals surface area contributed by atoms with E-state index in [0.29, 0.717) is 13.0 Å². The minimum atomic E-state index is 0.143. The van der Waals surface area contributed by atoms with E-state index in [1.807, 2.05) is 4.90 Å². The maximum atomic E-state index is 12.9. The van der Waals surface area contributed by atoms with Gasteiger partial charge in [-0.2, -0.15) is 0 Å². The number of aromatic nitrogens is 2. The number of rotatable bonds is 12. The lowest BCUT2D eigenvalue weighted by atomic mass is 10.1. The van der Waals surface area contributed by atoms with Gasteiger partial charge in [0.25, 0.3) is 0 Å². The van der Waals surface area contributed by atoms with Crippen LogP contribution in [0.1, 0.15) is 88.4 Å². The van der Waals surface area contributed by atoms with Crippen molar-refractivity contribution in [3.8, 4) is 0 Å². The Kier molecular flexibility index (Phi) is 8.20. The van der Waals surface area contributed by atoms with E-state index in [0.717, 1.165) is 23.6 Å². The first-order valence-corrected chi connectivity index (χ1v) is 13.0. The van der Waals surface area contributed by atoms with Crippen LogP contribution in [-0.4, -0.2) is 22.0 Å². The first-order valence-electron chi connectivity index (χ1n) is 13.0. The Hall–Kier alpha value is -2.62. The summed E-state index contributed by atoms with van der Waals surface area (Å²) in [5.41, 5.74) is 4.46. The van der Waals surface area contributed by atoms with Gasteiger partial charge in [0.15, 0.2) is 0 Å². The molecular formula is C29H39N3O. The lowest BCUT2D eigenvalue weighted by molar-refractivity contribution is -0.117. The van der Waals surface area contributed by atoms with Crippen LogP contribution in [-0.2, 0) is 11.3 Å². The third kappa shape index (κ3) is 5.85. The monoisotopic (exact) mass is 445 g/mol. The molecule has 1 fully saturated rings. The fourth-order valence-electron chi connectivity index (χ4n) is 5.08. The van der Waals surface area contributed by atoms with Gasteiger partial charge in [-0.25, -0.2) is 4.98 Å². The molecule has 0 radical (unpaired) electrons. The molecule has 4 rings (SSSR count). The molecule has 3 aromatic rings. The minimum Gasteiger partial charge on any atom is -0.328 e. The lowest BCUT2D eigenvalue weighted by Gasteiger charge is -2.17. The number of fused-ring (bicyclic) bond motifs is 1. The molecule has 0 aliphatic carbocycles. The van der Waals surface area contributed by atoms with Crippen molar-refractivity contribution in [2.75, 3.05) is 11.4 Å². The van der Waals surface area contributed by atoms with Crippen molar-refractivity contribution < 1.29 is 4.79 Å². The summed E-state index contributed by atoms with van der Waals surface area (Å²) in [5, 5.41) is 0. The van der Waals surface area contributed by atoms with Gasteiger partial charge in [-0.3, -0.25) is 4.79 Å². The van der Waals surface area contributed by atoms with Gasteiger partial charge < -0.3 is 9.47 Å². The van der Waals surface area contributed by atoms with Crippen molar-refractivity contribution >= 4 is 22.6 Å². The number of hydrogen-bond acceptors (Lipinski definition) is 2. The van der Waals surface area contributed by atoms with Crippen LogP contribution in [0.4, 0.5) is 5.69 Å². The number of imidazole rings is 1. The van der Waals surface area contributed by atoms with E-state index in [1.165, 1.54) is 68.9 Å². The molecule has 1 atom stereocenters. The van der Waals surface area contributed by atoms with E-state index in [9.17, 15) is 4.79 Å². The Morgan fingerprint density at radius 2 is 1.55 bits per heavy atom. The number of carbonyl (C=O) groups excluding carboxylic acids is 1. The number of para-hydroxylation sites is 2. The molecule has 1 aromatic heterocycles. The number of nitrogens with zero attached hydrogens (tertiary/aromatic N) is 3. The molecule has 33 heavy (non-hydrogen) atoms. The first-order chi connectivity index (χ1) is 16.2. The Bertz CT molecular complexity index is 1040. The normalized spacial score (nSPS) is 16.2. The molecule has 2 heterocycles. The van der Waals surface area contributed by atoms with Gasteiger partial charge in [-0.15, -0.1) is 0 Å². The molecule has 1 aliphatic rings. The Morgan fingerprint density at radius 1 is 0.879 bits per heavy atom. The van der Waals surface area contributed by atoms with Crippen LogP contribution in [0.2, 0.25) is 0 Å². The summed E-state index contributed by atoms with van der Waals surface area (Å²) in [5.74, 6) is 1.43. The van der Waals surface area contributed by atoms with E-state index in [-0.39, 0.29) is 11.8 Å². The molecule has 2 aromatic carbocycles. The summed E-state index contributed by atoms with van der Waals surface area (Å²) in [4.78, 5) is 19.8. The van der Waals surface area contributed by atoms with Gasteiger partial charge in [0.1, 0.15) is 5.82 Å². The zero-order valence-electron chi connectivity index (χ0n) is 20.4. The molecule has 4 heteroatoms. The second-order valence-corrected chi connectivity index (χ2v) is 9.68. The molecular weight excluding hydrogens is 406 g/mol. The summed E-state index contributed by atoms with van der Waals surface area (Å²) < 4.78 is 2.40. The number of hydrogen-bond donors (Lipinski definition) is 0. The summed E-state index contributed by atoms with van der Waals surface area (Å²) in [7, 11) is 0. The maximum Gasteiger partial charge on any atom is 0.227 e. The molecule has 1 saturated heterocycles. The van der Waals surface area contributed by atoms with Crippen molar-refractivity contribution in [1.29, 1.82) is 0 Å². The number of unbranched alkanes of at least 4 members (excludes halogenated alkanes) is 8. The maximum absolute atomic E-state index is 12.9. The molecule has 0 spiro atoms. The van der Waals surface area contributed by atoms with Crippen molar-refractivity contribution in [2.24, 2.45) is 0 Å². The fourth-order valence-corrected chi connectivity index (χ4v) is 5.08. The average molecular weight is 446 g/mol. The van der Waals surface area contributed by atoms with Gasteiger partial charge in [0.05, 0.1) is 11.0 Å². The van der Waals surface area contributed by atoms with Gasteiger partial charge in [0, 0.05) is 31.1 Å². The van der Waals surface area contributed by atoms with Crippen LogP contribution in [0, 0.1) is 6.92 Å². The van der Waals surface area contributed by atoms with Gasteiger partial charge in [0.2, 0.25) is 5.91 Å². The van der Waals surface area contributed by atoms with Crippen LogP contribution in [0.15, 0.2) is 48.5 Å². The predicted molar refractivity (Wildman–Crippen MR) is 138 cm³/mol. The third-order valence-corrected chi connectivity index (χ3v) is 7.01. The first kappa shape index (κ1) is 23.5. The minimum absolute atomic E-state index is 0.143. The highest BCUT2D eigenvalue weighted by molar-refractivity contribution is 5.96. The topological polar surface area (TPSA) is 38.1 Å².